The second-order valence-corrected chi connectivity index (χ2v) is 6.93. The number of hydrogen-bond acceptors (Lipinski definition) is 5. The van der Waals surface area contributed by atoms with Crippen LogP contribution in [0.5, 0.6) is 0 Å². The zero-order valence-corrected chi connectivity index (χ0v) is 16.0. The number of hydrogen-bond donors (Lipinski definition) is 1. The van der Waals surface area contributed by atoms with Gasteiger partial charge in [-0.1, -0.05) is 44.2 Å². The Morgan fingerprint density at radius 1 is 1.15 bits per heavy atom. The minimum absolute atomic E-state index is 0.351. The van der Waals surface area contributed by atoms with Crippen LogP contribution in [0.25, 0.3) is 11.2 Å². The quantitative estimate of drug-likeness (QED) is 0.532. The molecule has 3 rings (SSSR count). The summed E-state index contributed by atoms with van der Waals surface area (Å²) in [5.41, 5.74) is 3.86. The molecule has 0 spiro atoms. The van der Waals surface area contributed by atoms with Gasteiger partial charge in [0.15, 0.2) is 11.2 Å². The summed E-state index contributed by atoms with van der Waals surface area (Å²) in [5, 5.41) is 4.24. The average molecular weight is 368 g/mol. The number of imidazole rings is 1. The Bertz CT molecular complexity index is 1090. The maximum atomic E-state index is 12.7. The first-order chi connectivity index (χ1) is 12.9. The van der Waals surface area contributed by atoms with E-state index in [0.717, 1.165) is 16.6 Å². The lowest BCUT2D eigenvalue weighted by molar-refractivity contribution is 0.524. The van der Waals surface area contributed by atoms with Gasteiger partial charge in [-0.2, -0.15) is 10.1 Å². The Morgan fingerprint density at radius 3 is 2.52 bits per heavy atom. The van der Waals surface area contributed by atoms with Crippen molar-refractivity contribution < 1.29 is 0 Å². The highest BCUT2D eigenvalue weighted by atomic mass is 16.2. The van der Waals surface area contributed by atoms with Gasteiger partial charge in [0.1, 0.15) is 0 Å². The Balaban J connectivity index is 2.07. The van der Waals surface area contributed by atoms with Crippen LogP contribution in [0.15, 0.2) is 45.0 Å². The summed E-state index contributed by atoms with van der Waals surface area (Å²) in [6.45, 7) is 4.84. The number of rotatable bonds is 6. The van der Waals surface area contributed by atoms with Crippen LogP contribution in [0.2, 0.25) is 0 Å². The number of nitrogens with zero attached hydrogens (tertiary/aromatic N) is 5. The molecule has 1 aromatic carbocycles. The van der Waals surface area contributed by atoms with Crippen LogP contribution in [-0.2, 0) is 20.6 Å². The first-order valence-electron chi connectivity index (χ1n) is 8.90. The van der Waals surface area contributed by atoms with Crippen LogP contribution in [-0.4, -0.2) is 24.9 Å². The van der Waals surface area contributed by atoms with E-state index >= 15 is 0 Å². The molecule has 2 heterocycles. The molecule has 0 amide bonds. The van der Waals surface area contributed by atoms with Crippen LogP contribution in [0, 0.1) is 5.92 Å². The van der Waals surface area contributed by atoms with Crippen LogP contribution in [0.1, 0.15) is 25.8 Å². The molecular formula is C19H24N6O2. The van der Waals surface area contributed by atoms with E-state index in [9.17, 15) is 9.59 Å². The van der Waals surface area contributed by atoms with Crippen molar-refractivity contribution in [1.82, 2.24) is 18.7 Å². The molecule has 0 radical (unpaired) electrons. The fourth-order valence-corrected chi connectivity index (χ4v) is 2.84. The SMILES string of the molecule is CC(C)CCn1c(NN=Cc2ccccc2)nc2c1c(=O)n(C)c(=O)n2C. The Kier molecular flexibility index (Phi) is 5.25. The van der Waals surface area contributed by atoms with E-state index in [1.165, 1.54) is 11.6 Å². The van der Waals surface area contributed by atoms with Gasteiger partial charge >= 0.3 is 5.69 Å². The molecule has 27 heavy (non-hydrogen) atoms. The van der Waals surface area contributed by atoms with Gasteiger partial charge in [-0.3, -0.25) is 13.9 Å². The van der Waals surface area contributed by atoms with E-state index in [1.807, 2.05) is 30.3 Å². The third-order valence-corrected chi connectivity index (χ3v) is 4.46. The fraction of sp³-hybridized carbons (Fsp3) is 0.368. The lowest BCUT2D eigenvalue weighted by atomic mass is 10.1. The third kappa shape index (κ3) is 3.69. The first kappa shape index (κ1) is 18.6. The summed E-state index contributed by atoms with van der Waals surface area (Å²) in [4.78, 5) is 29.4. The number of hydrazone groups is 1. The topological polar surface area (TPSA) is 86.2 Å². The molecule has 0 fully saturated rings. The highest BCUT2D eigenvalue weighted by Crippen LogP contribution is 2.17. The van der Waals surface area contributed by atoms with Crippen molar-refractivity contribution in [3.05, 3.63) is 56.7 Å². The molecule has 0 aliphatic carbocycles. The number of nitrogens with one attached hydrogen (secondary N) is 1. The van der Waals surface area contributed by atoms with Gasteiger partial charge < -0.3 is 4.57 Å². The predicted octanol–water partition coefficient (Wildman–Crippen LogP) is 1.93. The van der Waals surface area contributed by atoms with E-state index in [1.54, 1.807) is 17.8 Å². The summed E-state index contributed by atoms with van der Waals surface area (Å²) in [7, 11) is 3.09. The second-order valence-electron chi connectivity index (χ2n) is 6.93. The summed E-state index contributed by atoms with van der Waals surface area (Å²) in [6, 6.07) is 9.67. The molecule has 0 saturated carbocycles. The average Bonchev–Trinajstić information content (AvgIpc) is 3.02. The molecule has 1 N–H and O–H groups in total. The van der Waals surface area contributed by atoms with Crippen molar-refractivity contribution in [3.63, 3.8) is 0 Å². The smallest absolute Gasteiger partial charge is 0.303 e. The Morgan fingerprint density at radius 2 is 1.85 bits per heavy atom. The van der Waals surface area contributed by atoms with Crippen LogP contribution in [0.4, 0.5) is 5.95 Å². The lowest BCUT2D eigenvalue weighted by Gasteiger charge is -2.10. The van der Waals surface area contributed by atoms with Crippen molar-refractivity contribution in [2.45, 2.75) is 26.8 Å². The summed E-state index contributed by atoms with van der Waals surface area (Å²) >= 11 is 0. The second kappa shape index (κ2) is 7.61. The van der Waals surface area contributed by atoms with Crippen molar-refractivity contribution in [2.75, 3.05) is 5.43 Å². The number of anilines is 1. The highest BCUT2D eigenvalue weighted by molar-refractivity contribution is 5.80. The Labute approximate surface area is 156 Å². The van der Waals surface area contributed by atoms with Crippen molar-refractivity contribution in [2.24, 2.45) is 25.1 Å². The zero-order valence-electron chi connectivity index (χ0n) is 16.0. The molecular weight excluding hydrogens is 344 g/mol. The molecule has 0 aliphatic heterocycles. The van der Waals surface area contributed by atoms with E-state index in [4.69, 9.17) is 0 Å². The summed E-state index contributed by atoms with van der Waals surface area (Å²) in [6.07, 6.45) is 2.55. The summed E-state index contributed by atoms with van der Waals surface area (Å²) in [5.74, 6) is 0.899. The molecule has 142 valence electrons. The molecule has 0 atom stereocenters. The van der Waals surface area contributed by atoms with Gasteiger partial charge in [0.2, 0.25) is 5.95 Å². The predicted molar refractivity (Wildman–Crippen MR) is 107 cm³/mol. The number of fused-ring (bicyclic) bond motifs is 1. The standard InChI is InChI=1S/C19H24N6O2/c1-13(2)10-11-25-15-16(23(3)19(27)24(4)17(15)26)21-18(25)22-20-12-14-8-6-5-7-9-14/h5-9,12-13H,10-11H2,1-4H3,(H,21,22). The van der Waals surface area contributed by atoms with E-state index in [-0.39, 0.29) is 5.56 Å². The highest BCUT2D eigenvalue weighted by Gasteiger charge is 2.19. The van der Waals surface area contributed by atoms with Crippen molar-refractivity contribution >= 4 is 23.3 Å². The number of aromatic nitrogens is 4. The molecule has 0 saturated heterocycles. The molecule has 3 aromatic rings. The maximum Gasteiger partial charge on any atom is 0.332 e. The number of benzene rings is 1. The molecule has 0 bridgehead atoms. The zero-order chi connectivity index (χ0) is 19.6. The lowest BCUT2D eigenvalue weighted by Crippen LogP contribution is -2.37. The van der Waals surface area contributed by atoms with E-state index < -0.39 is 5.69 Å². The van der Waals surface area contributed by atoms with Gasteiger partial charge in [0, 0.05) is 20.6 Å². The third-order valence-electron chi connectivity index (χ3n) is 4.46. The monoisotopic (exact) mass is 368 g/mol. The van der Waals surface area contributed by atoms with Crippen LogP contribution >= 0.6 is 0 Å². The van der Waals surface area contributed by atoms with Crippen molar-refractivity contribution in [1.29, 1.82) is 0 Å². The summed E-state index contributed by atoms with van der Waals surface area (Å²) < 4.78 is 4.29. The maximum absolute atomic E-state index is 12.7. The van der Waals surface area contributed by atoms with Gasteiger partial charge in [-0.15, -0.1) is 0 Å². The Hall–Kier alpha value is -3.16. The van der Waals surface area contributed by atoms with Gasteiger partial charge in [0.05, 0.1) is 6.21 Å². The molecule has 0 aliphatic rings. The largest absolute Gasteiger partial charge is 0.332 e. The normalized spacial score (nSPS) is 11.7. The van der Waals surface area contributed by atoms with Crippen molar-refractivity contribution in [3.8, 4) is 0 Å². The molecule has 8 heteroatoms. The number of aryl methyl sites for hydroxylation is 2. The molecule has 2 aromatic heterocycles. The molecule has 0 unspecified atom stereocenters. The van der Waals surface area contributed by atoms with Gasteiger partial charge in [0.25, 0.3) is 5.56 Å². The molecule has 8 nitrogen and oxygen atoms in total. The van der Waals surface area contributed by atoms with Gasteiger partial charge in [-0.25, -0.2) is 10.2 Å². The fourth-order valence-electron chi connectivity index (χ4n) is 2.84. The first-order valence-corrected chi connectivity index (χ1v) is 8.90. The minimum Gasteiger partial charge on any atom is -0.303 e. The van der Waals surface area contributed by atoms with Gasteiger partial charge in [-0.05, 0) is 17.9 Å². The minimum atomic E-state index is -0.402. The van der Waals surface area contributed by atoms with E-state index in [2.05, 4.69) is 29.4 Å². The van der Waals surface area contributed by atoms with Crippen LogP contribution < -0.4 is 16.7 Å². The van der Waals surface area contributed by atoms with Crippen LogP contribution in [0.3, 0.4) is 0 Å². The van der Waals surface area contributed by atoms with E-state index in [0.29, 0.717) is 29.6 Å².